The Hall–Kier alpha value is -2.15. The minimum Gasteiger partial charge on any atom is -0.364 e. The van der Waals surface area contributed by atoms with Crippen LogP contribution in [-0.2, 0) is 20.0 Å². The van der Waals surface area contributed by atoms with E-state index in [1.165, 1.54) is 6.33 Å². The van der Waals surface area contributed by atoms with E-state index in [0.717, 1.165) is 29.9 Å². The van der Waals surface area contributed by atoms with Crippen LogP contribution in [0.2, 0.25) is 0 Å². The molecule has 2 heterocycles. The van der Waals surface area contributed by atoms with Crippen molar-refractivity contribution in [1.82, 2.24) is 19.7 Å². The number of nitrogen functional groups attached to an aromatic ring is 1. The number of hydrazine groups is 1. The van der Waals surface area contributed by atoms with Crippen LogP contribution in [0, 0.1) is 0 Å². The molecule has 0 aliphatic carbocycles. The fourth-order valence-electron chi connectivity index (χ4n) is 1.91. The van der Waals surface area contributed by atoms with Crippen molar-refractivity contribution < 1.29 is 0 Å². The van der Waals surface area contributed by atoms with Crippen LogP contribution < -0.4 is 16.6 Å². The first-order valence-electron chi connectivity index (χ1n) is 6.27. The Kier molecular flexibility index (Phi) is 4.30. The first-order valence-corrected chi connectivity index (χ1v) is 6.27. The third-order valence-corrected chi connectivity index (χ3v) is 2.79. The molecule has 0 radical (unpaired) electrons. The second-order valence-corrected chi connectivity index (χ2v) is 4.28. The van der Waals surface area contributed by atoms with Crippen molar-refractivity contribution in [2.45, 2.75) is 26.3 Å². The molecule has 0 saturated heterocycles. The molecule has 0 aliphatic heterocycles. The number of hydrogen-bond donors (Lipinski definition) is 3. The summed E-state index contributed by atoms with van der Waals surface area (Å²) >= 11 is 0. The molecule has 102 valence electrons. The highest BCUT2D eigenvalue weighted by Gasteiger charge is 2.10. The summed E-state index contributed by atoms with van der Waals surface area (Å²) in [6.45, 7) is 2.73. The van der Waals surface area contributed by atoms with Crippen LogP contribution in [0.5, 0.6) is 0 Å². The largest absolute Gasteiger partial charge is 0.364 e. The van der Waals surface area contributed by atoms with Gasteiger partial charge in [-0.1, -0.05) is 13.3 Å². The topological polar surface area (TPSA) is 93.7 Å². The number of aryl methyl sites for hydroxylation is 1. The minimum absolute atomic E-state index is 0.624. The molecular weight excluding hydrogens is 242 g/mol. The molecule has 0 unspecified atom stereocenters. The van der Waals surface area contributed by atoms with E-state index in [1.807, 2.05) is 19.3 Å². The SMILES string of the molecule is CCCc1c(NN)ncnc1NCc1ccn(C)n1. The molecule has 0 fully saturated rings. The maximum atomic E-state index is 5.48. The molecule has 0 spiro atoms. The van der Waals surface area contributed by atoms with E-state index in [0.29, 0.717) is 12.4 Å². The van der Waals surface area contributed by atoms with Crippen LogP contribution in [-0.4, -0.2) is 19.7 Å². The van der Waals surface area contributed by atoms with Gasteiger partial charge in [0, 0.05) is 18.8 Å². The first kappa shape index (κ1) is 13.3. The molecule has 4 N–H and O–H groups in total. The number of anilines is 2. The number of nitrogens with two attached hydrogens (primary N) is 1. The van der Waals surface area contributed by atoms with Crippen LogP contribution in [0.25, 0.3) is 0 Å². The number of nitrogens with zero attached hydrogens (tertiary/aromatic N) is 4. The summed E-state index contributed by atoms with van der Waals surface area (Å²) in [5, 5.41) is 7.59. The molecule has 2 aromatic rings. The minimum atomic E-state index is 0.624. The Morgan fingerprint density at radius 1 is 1.32 bits per heavy atom. The van der Waals surface area contributed by atoms with Crippen LogP contribution >= 0.6 is 0 Å². The van der Waals surface area contributed by atoms with Crippen molar-refractivity contribution in [1.29, 1.82) is 0 Å². The average Bonchev–Trinajstić information content (AvgIpc) is 2.83. The number of nitrogens with one attached hydrogen (secondary N) is 2. The molecule has 0 atom stereocenters. The van der Waals surface area contributed by atoms with Gasteiger partial charge in [0.05, 0.1) is 12.2 Å². The van der Waals surface area contributed by atoms with Gasteiger partial charge in [-0.2, -0.15) is 5.10 Å². The highest BCUT2D eigenvalue weighted by molar-refractivity contribution is 5.56. The van der Waals surface area contributed by atoms with Crippen molar-refractivity contribution in [3.05, 3.63) is 29.8 Å². The fraction of sp³-hybridized carbons (Fsp3) is 0.417. The molecule has 0 bridgehead atoms. The van der Waals surface area contributed by atoms with Gasteiger partial charge in [-0.05, 0) is 12.5 Å². The van der Waals surface area contributed by atoms with E-state index in [9.17, 15) is 0 Å². The Morgan fingerprint density at radius 2 is 2.11 bits per heavy atom. The van der Waals surface area contributed by atoms with Crippen LogP contribution in [0.15, 0.2) is 18.6 Å². The molecule has 0 saturated carbocycles. The summed E-state index contributed by atoms with van der Waals surface area (Å²) in [5.41, 5.74) is 4.58. The van der Waals surface area contributed by atoms with Crippen LogP contribution in [0.4, 0.5) is 11.6 Å². The summed E-state index contributed by atoms with van der Waals surface area (Å²) in [5.74, 6) is 6.95. The van der Waals surface area contributed by atoms with Crippen molar-refractivity contribution in [2.75, 3.05) is 10.7 Å². The molecule has 0 aromatic carbocycles. The van der Waals surface area contributed by atoms with Crippen molar-refractivity contribution in [3.63, 3.8) is 0 Å². The maximum absolute atomic E-state index is 5.48. The van der Waals surface area contributed by atoms with E-state index in [-0.39, 0.29) is 0 Å². The maximum Gasteiger partial charge on any atom is 0.148 e. The van der Waals surface area contributed by atoms with E-state index in [4.69, 9.17) is 5.84 Å². The van der Waals surface area contributed by atoms with Gasteiger partial charge in [0.15, 0.2) is 0 Å². The lowest BCUT2D eigenvalue weighted by molar-refractivity contribution is 0.746. The summed E-state index contributed by atoms with van der Waals surface area (Å²) in [6.07, 6.45) is 5.27. The lowest BCUT2D eigenvalue weighted by Crippen LogP contribution is -2.14. The third kappa shape index (κ3) is 3.19. The molecule has 0 aliphatic rings. The average molecular weight is 261 g/mol. The van der Waals surface area contributed by atoms with Gasteiger partial charge < -0.3 is 10.7 Å². The van der Waals surface area contributed by atoms with E-state index < -0.39 is 0 Å². The zero-order valence-electron chi connectivity index (χ0n) is 11.2. The summed E-state index contributed by atoms with van der Waals surface area (Å²) in [6, 6.07) is 1.97. The highest BCUT2D eigenvalue weighted by atomic mass is 15.3. The monoisotopic (exact) mass is 261 g/mol. The molecule has 7 heteroatoms. The van der Waals surface area contributed by atoms with Gasteiger partial charge in [0.1, 0.15) is 18.0 Å². The molecular formula is C12H19N7. The predicted molar refractivity (Wildman–Crippen MR) is 74.4 cm³/mol. The lowest BCUT2D eigenvalue weighted by atomic mass is 10.1. The molecule has 0 amide bonds. The predicted octanol–water partition coefficient (Wildman–Crippen LogP) is 1.06. The van der Waals surface area contributed by atoms with Crippen molar-refractivity contribution in [2.24, 2.45) is 12.9 Å². The van der Waals surface area contributed by atoms with E-state index in [2.05, 4.69) is 32.7 Å². The van der Waals surface area contributed by atoms with Gasteiger partial charge in [-0.25, -0.2) is 15.8 Å². The number of rotatable bonds is 6. The normalized spacial score (nSPS) is 10.5. The second kappa shape index (κ2) is 6.14. The van der Waals surface area contributed by atoms with Gasteiger partial charge in [0.25, 0.3) is 0 Å². The lowest BCUT2D eigenvalue weighted by Gasteiger charge is -2.12. The number of hydrogen-bond acceptors (Lipinski definition) is 6. The standard InChI is InChI=1S/C12H19N7/c1-3-4-10-11(15-8-16-12(10)17-13)14-7-9-5-6-19(2)18-9/h5-6,8H,3-4,7,13H2,1-2H3,(H2,14,15,16,17). The van der Waals surface area contributed by atoms with Gasteiger partial charge in [0.2, 0.25) is 0 Å². The zero-order chi connectivity index (χ0) is 13.7. The van der Waals surface area contributed by atoms with Crippen molar-refractivity contribution in [3.8, 4) is 0 Å². The Labute approximate surface area is 112 Å². The quantitative estimate of drug-likeness (QED) is 0.532. The smallest absolute Gasteiger partial charge is 0.148 e. The van der Waals surface area contributed by atoms with Gasteiger partial charge in [-0.3, -0.25) is 4.68 Å². The second-order valence-electron chi connectivity index (χ2n) is 4.28. The molecule has 19 heavy (non-hydrogen) atoms. The molecule has 2 aromatic heterocycles. The number of aromatic nitrogens is 4. The summed E-state index contributed by atoms with van der Waals surface area (Å²) in [7, 11) is 1.90. The third-order valence-electron chi connectivity index (χ3n) is 2.79. The van der Waals surface area contributed by atoms with Gasteiger partial charge in [-0.15, -0.1) is 0 Å². The first-order chi connectivity index (χ1) is 9.24. The van der Waals surface area contributed by atoms with Crippen LogP contribution in [0.1, 0.15) is 24.6 Å². The highest BCUT2D eigenvalue weighted by Crippen LogP contribution is 2.21. The van der Waals surface area contributed by atoms with Crippen molar-refractivity contribution >= 4 is 11.6 Å². The molecule has 2 rings (SSSR count). The van der Waals surface area contributed by atoms with E-state index >= 15 is 0 Å². The zero-order valence-corrected chi connectivity index (χ0v) is 11.2. The Bertz CT molecular complexity index is 535. The summed E-state index contributed by atoms with van der Waals surface area (Å²) < 4.78 is 1.77. The fourth-order valence-corrected chi connectivity index (χ4v) is 1.91. The van der Waals surface area contributed by atoms with Crippen LogP contribution in [0.3, 0.4) is 0 Å². The summed E-state index contributed by atoms with van der Waals surface area (Å²) in [4.78, 5) is 8.40. The Morgan fingerprint density at radius 3 is 2.74 bits per heavy atom. The van der Waals surface area contributed by atoms with E-state index in [1.54, 1.807) is 4.68 Å². The van der Waals surface area contributed by atoms with Gasteiger partial charge >= 0.3 is 0 Å². The Balaban J connectivity index is 2.14. The molecule has 7 nitrogen and oxygen atoms in total.